The third-order valence-corrected chi connectivity index (χ3v) is 4.13. The second-order valence-corrected chi connectivity index (χ2v) is 6.90. The second-order valence-electron chi connectivity index (χ2n) is 6.90. The van der Waals surface area contributed by atoms with E-state index >= 15 is 0 Å². The number of nitrogens with two attached hydrogens (primary N) is 1. The molecular formula is C18H25N3O2. The molecule has 0 bridgehead atoms. The van der Waals surface area contributed by atoms with Gasteiger partial charge in [-0.05, 0) is 18.1 Å². The molecule has 0 aliphatic heterocycles. The van der Waals surface area contributed by atoms with Gasteiger partial charge in [0.15, 0.2) is 5.78 Å². The quantitative estimate of drug-likeness (QED) is 0.857. The van der Waals surface area contributed by atoms with Gasteiger partial charge in [0.25, 0.3) is 0 Å². The molecule has 3 N–H and O–H groups in total. The number of hydrogen-bond acceptors (Lipinski definition) is 3. The Bertz CT molecular complexity index is 716. The Morgan fingerprint density at radius 1 is 1.26 bits per heavy atom. The van der Waals surface area contributed by atoms with Gasteiger partial charge >= 0.3 is 0 Å². The van der Waals surface area contributed by atoms with Crippen LogP contribution in [0.15, 0.2) is 30.5 Å². The van der Waals surface area contributed by atoms with E-state index in [1.807, 2.05) is 30.5 Å². The number of Topliss-reactive ketones (excluding diaryl/α,β-unsaturated/α-hetero) is 1. The van der Waals surface area contributed by atoms with Crippen LogP contribution in [0.2, 0.25) is 0 Å². The Kier molecular flexibility index (Phi) is 4.90. The predicted octanol–water partition coefficient (Wildman–Crippen LogP) is 2.11. The number of amides is 1. The number of para-hydroxylation sites is 1. The van der Waals surface area contributed by atoms with Gasteiger partial charge in [-0.15, -0.1) is 0 Å². The van der Waals surface area contributed by atoms with E-state index in [1.54, 1.807) is 27.9 Å². The average Bonchev–Trinajstić information content (AvgIpc) is 2.89. The average molecular weight is 315 g/mol. The van der Waals surface area contributed by atoms with Gasteiger partial charge < -0.3 is 15.6 Å². The molecule has 1 unspecified atom stereocenters. The molecule has 5 nitrogen and oxygen atoms in total. The van der Waals surface area contributed by atoms with Gasteiger partial charge in [-0.2, -0.15) is 0 Å². The minimum absolute atomic E-state index is 0.0647. The Morgan fingerprint density at radius 3 is 2.57 bits per heavy atom. The van der Waals surface area contributed by atoms with Gasteiger partial charge in [-0.3, -0.25) is 9.59 Å². The molecule has 1 heterocycles. The topological polar surface area (TPSA) is 79.2 Å². The lowest BCUT2D eigenvalue weighted by Crippen LogP contribution is -2.41. The Labute approximate surface area is 136 Å². The number of aromatic nitrogens is 1. The zero-order valence-corrected chi connectivity index (χ0v) is 14.2. The summed E-state index contributed by atoms with van der Waals surface area (Å²) in [6.07, 6.45) is 2.51. The number of benzene rings is 1. The summed E-state index contributed by atoms with van der Waals surface area (Å²) < 4.78 is 0. The summed E-state index contributed by atoms with van der Waals surface area (Å²) >= 11 is 0. The fourth-order valence-electron chi connectivity index (χ4n) is 2.90. The number of H-pyrrole nitrogens is 1. The van der Waals surface area contributed by atoms with Crippen LogP contribution in [0.3, 0.4) is 0 Å². The van der Waals surface area contributed by atoms with Crippen molar-refractivity contribution in [3.05, 3.63) is 36.0 Å². The van der Waals surface area contributed by atoms with Gasteiger partial charge in [-0.25, -0.2) is 0 Å². The number of rotatable bonds is 6. The largest absolute Gasteiger partial charge is 0.361 e. The summed E-state index contributed by atoms with van der Waals surface area (Å²) in [7, 11) is 3.39. The first kappa shape index (κ1) is 17.2. The highest BCUT2D eigenvalue weighted by Gasteiger charge is 2.33. The lowest BCUT2D eigenvalue weighted by atomic mass is 9.83. The molecule has 23 heavy (non-hydrogen) atoms. The van der Waals surface area contributed by atoms with Crippen molar-refractivity contribution in [3.8, 4) is 0 Å². The number of ketones is 1. The molecule has 124 valence electrons. The zero-order chi connectivity index (χ0) is 17.2. The molecular weight excluding hydrogens is 290 g/mol. The summed E-state index contributed by atoms with van der Waals surface area (Å²) in [4.78, 5) is 29.3. The first-order chi connectivity index (χ1) is 10.7. The van der Waals surface area contributed by atoms with Gasteiger partial charge in [0.05, 0.1) is 11.5 Å². The predicted molar refractivity (Wildman–Crippen MR) is 92.1 cm³/mol. The molecule has 0 aliphatic rings. The third kappa shape index (κ3) is 3.79. The number of nitrogens with one attached hydrogen (secondary N) is 1. The molecule has 0 aliphatic carbocycles. The van der Waals surface area contributed by atoms with Crippen LogP contribution >= 0.6 is 0 Å². The maximum atomic E-state index is 12.4. The molecule has 0 saturated heterocycles. The number of carbonyl (C=O) groups is 2. The fourth-order valence-corrected chi connectivity index (χ4v) is 2.90. The third-order valence-electron chi connectivity index (χ3n) is 4.13. The van der Waals surface area contributed by atoms with Crippen molar-refractivity contribution in [3.63, 3.8) is 0 Å². The summed E-state index contributed by atoms with van der Waals surface area (Å²) in [5.74, 6) is -0.152. The highest BCUT2D eigenvalue weighted by Crippen LogP contribution is 2.25. The van der Waals surface area contributed by atoms with Crippen LogP contribution in [0.25, 0.3) is 10.9 Å². The van der Waals surface area contributed by atoms with E-state index in [2.05, 4.69) is 4.98 Å². The molecule has 5 heteroatoms. The standard InChI is InChI=1S/C18H25N3O2/c1-18(2,17(23)21(3)4)10-16(22)14(19)9-12-11-20-15-8-6-5-7-13(12)15/h5-8,11,14,20H,9-10,19H2,1-4H3. The number of fused-ring (bicyclic) bond motifs is 1. The molecule has 1 amide bonds. The first-order valence-corrected chi connectivity index (χ1v) is 7.77. The second kappa shape index (κ2) is 6.54. The van der Waals surface area contributed by atoms with E-state index in [9.17, 15) is 9.59 Å². The number of aromatic amines is 1. The summed E-state index contributed by atoms with van der Waals surface area (Å²) in [5, 5.41) is 1.08. The molecule has 1 aromatic heterocycles. The zero-order valence-electron chi connectivity index (χ0n) is 14.2. The smallest absolute Gasteiger partial charge is 0.228 e. The molecule has 0 saturated carbocycles. The van der Waals surface area contributed by atoms with Crippen LogP contribution in [0.4, 0.5) is 0 Å². The molecule has 1 aromatic carbocycles. The van der Waals surface area contributed by atoms with Crippen molar-refractivity contribution in [2.75, 3.05) is 14.1 Å². The van der Waals surface area contributed by atoms with E-state index in [1.165, 1.54) is 4.90 Å². The van der Waals surface area contributed by atoms with Crippen molar-refractivity contribution in [2.45, 2.75) is 32.7 Å². The molecule has 0 radical (unpaired) electrons. The van der Waals surface area contributed by atoms with Crippen LogP contribution < -0.4 is 5.73 Å². The lowest BCUT2D eigenvalue weighted by Gasteiger charge is -2.27. The van der Waals surface area contributed by atoms with Crippen molar-refractivity contribution >= 4 is 22.6 Å². The van der Waals surface area contributed by atoms with Gasteiger partial charge in [-0.1, -0.05) is 32.0 Å². The molecule has 2 aromatic rings. The van der Waals surface area contributed by atoms with Crippen LogP contribution in [0, 0.1) is 5.41 Å². The van der Waals surface area contributed by atoms with Crippen LogP contribution in [0.1, 0.15) is 25.8 Å². The highest BCUT2D eigenvalue weighted by atomic mass is 16.2. The van der Waals surface area contributed by atoms with Crippen molar-refractivity contribution < 1.29 is 9.59 Å². The van der Waals surface area contributed by atoms with Crippen LogP contribution in [-0.4, -0.2) is 41.7 Å². The van der Waals surface area contributed by atoms with E-state index in [4.69, 9.17) is 5.73 Å². The minimum atomic E-state index is -0.738. The number of hydrogen-bond donors (Lipinski definition) is 2. The Hall–Kier alpha value is -2.14. The lowest BCUT2D eigenvalue weighted by molar-refractivity contribution is -0.141. The number of carbonyl (C=O) groups excluding carboxylic acids is 2. The van der Waals surface area contributed by atoms with E-state index in [0.717, 1.165) is 16.5 Å². The summed E-state index contributed by atoms with van der Waals surface area (Å²) in [5.41, 5.74) is 7.42. The summed E-state index contributed by atoms with van der Waals surface area (Å²) in [6.45, 7) is 3.57. The van der Waals surface area contributed by atoms with E-state index in [0.29, 0.717) is 6.42 Å². The van der Waals surface area contributed by atoms with Crippen molar-refractivity contribution in [2.24, 2.45) is 11.1 Å². The van der Waals surface area contributed by atoms with Crippen LogP contribution in [0.5, 0.6) is 0 Å². The Morgan fingerprint density at radius 2 is 1.91 bits per heavy atom. The van der Waals surface area contributed by atoms with Crippen molar-refractivity contribution in [1.82, 2.24) is 9.88 Å². The van der Waals surface area contributed by atoms with Gasteiger partial charge in [0.2, 0.25) is 5.91 Å². The van der Waals surface area contributed by atoms with E-state index < -0.39 is 11.5 Å². The summed E-state index contributed by atoms with van der Waals surface area (Å²) in [6, 6.07) is 7.32. The highest BCUT2D eigenvalue weighted by molar-refractivity contribution is 5.92. The number of nitrogens with zero attached hydrogens (tertiary/aromatic N) is 1. The van der Waals surface area contributed by atoms with Gasteiger partial charge in [0, 0.05) is 37.6 Å². The van der Waals surface area contributed by atoms with Gasteiger partial charge in [0.1, 0.15) is 0 Å². The maximum Gasteiger partial charge on any atom is 0.228 e. The Balaban J connectivity index is 2.07. The maximum absolute atomic E-state index is 12.4. The monoisotopic (exact) mass is 315 g/mol. The fraction of sp³-hybridized carbons (Fsp3) is 0.444. The first-order valence-electron chi connectivity index (χ1n) is 7.77. The normalized spacial score (nSPS) is 13.1. The molecule has 0 spiro atoms. The molecule has 0 fully saturated rings. The van der Waals surface area contributed by atoms with Crippen LogP contribution in [-0.2, 0) is 16.0 Å². The SMILES string of the molecule is CN(C)C(=O)C(C)(C)CC(=O)C(N)Cc1c[nH]c2ccccc12. The molecule has 1 atom stereocenters. The van der Waals surface area contributed by atoms with Crippen molar-refractivity contribution in [1.29, 1.82) is 0 Å². The van der Waals surface area contributed by atoms with E-state index in [-0.39, 0.29) is 18.1 Å². The molecule has 2 rings (SSSR count). The minimum Gasteiger partial charge on any atom is -0.361 e.